The van der Waals surface area contributed by atoms with Crippen molar-refractivity contribution in [3.8, 4) is 0 Å². The summed E-state index contributed by atoms with van der Waals surface area (Å²) in [7, 11) is 0. The Bertz CT molecular complexity index is 71.0. The summed E-state index contributed by atoms with van der Waals surface area (Å²) in [4.78, 5) is 0. The molecule has 0 aliphatic heterocycles. The van der Waals surface area contributed by atoms with Gasteiger partial charge in [0.05, 0.1) is 0 Å². The van der Waals surface area contributed by atoms with Crippen molar-refractivity contribution >= 4 is 29.3 Å². The van der Waals surface area contributed by atoms with Gasteiger partial charge in [0, 0.05) is 0 Å². The molecular formula is C8H20As2F6Pt. The molecule has 0 spiro atoms. The Kier molecular flexibility index (Phi) is 47.5. The van der Waals surface area contributed by atoms with Crippen LogP contribution in [0.2, 0.25) is 34.3 Å². The van der Waals surface area contributed by atoms with Gasteiger partial charge < -0.3 is 26.3 Å². The Morgan fingerprint density at radius 1 is 0.529 bits per heavy atom. The maximum Gasteiger partial charge on any atom is 2.00 e. The minimum atomic E-state index is -3.08. The summed E-state index contributed by atoms with van der Waals surface area (Å²) in [5, 5.41) is 0. The van der Waals surface area contributed by atoms with E-state index in [9.17, 15) is 26.3 Å². The van der Waals surface area contributed by atoms with E-state index in [2.05, 4.69) is 34.3 Å². The number of hydrogen-bond acceptors (Lipinski definition) is 0. The second kappa shape index (κ2) is 26.1. The van der Waals surface area contributed by atoms with Crippen LogP contribution in [0.4, 0.5) is 26.3 Å². The summed E-state index contributed by atoms with van der Waals surface area (Å²) in [6.07, 6.45) is 0. The van der Waals surface area contributed by atoms with Crippen LogP contribution in [0.1, 0.15) is 0 Å². The fraction of sp³-hybridized carbons (Fsp3) is 0.750. The molecule has 0 unspecified atom stereocenters. The van der Waals surface area contributed by atoms with E-state index in [0.717, 1.165) is 0 Å². The molecule has 0 aromatic rings. The van der Waals surface area contributed by atoms with Crippen LogP contribution >= 0.6 is 0 Å². The van der Waals surface area contributed by atoms with Crippen LogP contribution in [-0.4, -0.2) is 29.3 Å². The second-order valence-corrected chi connectivity index (χ2v) is 16.0. The van der Waals surface area contributed by atoms with Crippen molar-refractivity contribution in [2.75, 3.05) is 0 Å². The third kappa shape index (κ3) is 2140. The fourth-order valence-corrected chi connectivity index (χ4v) is 0. The maximum atomic E-state index is 9.58. The molecule has 0 atom stereocenters. The second-order valence-electron chi connectivity index (χ2n) is 3.43. The first kappa shape index (κ1) is 31.0. The van der Waals surface area contributed by atoms with Crippen molar-refractivity contribution < 1.29 is 47.4 Å². The van der Waals surface area contributed by atoms with E-state index in [4.69, 9.17) is 0 Å². The van der Waals surface area contributed by atoms with Crippen molar-refractivity contribution in [2.45, 2.75) is 34.3 Å². The zero-order valence-corrected chi connectivity index (χ0v) is 17.1. The molecule has 0 heterocycles. The van der Waals surface area contributed by atoms with Crippen LogP contribution in [0.5, 0.6) is 0 Å². The topological polar surface area (TPSA) is 0 Å². The SMILES string of the molecule is C[AsH](C)C.C[AsH](C)C.F[C-](F)F.F[C-](F)F.[Pt+2]. The van der Waals surface area contributed by atoms with Crippen molar-refractivity contribution in [3.05, 3.63) is 13.4 Å². The van der Waals surface area contributed by atoms with E-state index in [1.807, 2.05) is 0 Å². The van der Waals surface area contributed by atoms with Gasteiger partial charge in [0.2, 0.25) is 0 Å². The normalized spacial score (nSPS) is 8.47. The molecule has 0 aromatic heterocycles. The van der Waals surface area contributed by atoms with Crippen LogP contribution in [-0.2, 0) is 21.1 Å². The molecule has 0 aliphatic rings. The molecule has 0 nitrogen and oxygen atoms in total. The zero-order chi connectivity index (χ0) is 14.3. The van der Waals surface area contributed by atoms with Crippen molar-refractivity contribution in [2.24, 2.45) is 0 Å². The van der Waals surface area contributed by atoms with Gasteiger partial charge >= 0.3 is 84.6 Å². The van der Waals surface area contributed by atoms with E-state index in [0.29, 0.717) is 0 Å². The predicted molar refractivity (Wildman–Crippen MR) is 62.6 cm³/mol. The minimum absolute atomic E-state index is 0. The standard InChI is InChI=1S/2C3H10As.2CF3.Pt/c2*1-4(2)3;2*2-1(3)4;/h2*4H,1-3H3;;;/q;;2*-1;+2. The fourth-order valence-electron chi connectivity index (χ4n) is 0. The molecule has 0 N–H and O–H groups in total. The van der Waals surface area contributed by atoms with Crippen LogP contribution in [0.25, 0.3) is 0 Å². The van der Waals surface area contributed by atoms with Crippen LogP contribution < -0.4 is 0 Å². The van der Waals surface area contributed by atoms with Crippen molar-refractivity contribution in [3.63, 3.8) is 0 Å². The average Bonchev–Trinajstić information content (AvgIpc) is 1.76. The molecule has 0 fully saturated rings. The average molecular weight is 575 g/mol. The number of rotatable bonds is 0. The smallest absolute Gasteiger partial charge is 0.385 e. The molecule has 0 aromatic carbocycles. The Labute approximate surface area is 124 Å². The van der Waals surface area contributed by atoms with Crippen LogP contribution in [0.3, 0.4) is 0 Å². The number of hydrogen-bond donors (Lipinski definition) is 0. The van der Waals surface area contributed by atoms with Crippen molar-refractivity contribution in [1.29, 1.82) is 0 Å². The quantitative estimate of drug-likeness (QED) is 0.220. The molecule has 0 saturated carbocycles. The van der Waals surface area contributed by atoms with Gasteiger partial charge in [-0.15, -0.1) is 0 Å². The zero-order valence-electron chi connectivity index (χ0n) is 10.6. The largest absolute Gasteiger partial charge is 2.00 e. The van der Waals surface area contributed by atoms with E-state index in [1.54, 1.807) is 0 Å². The van der Waals surface area contributed by atoms with E-state index >= 15 is 0 Å². The Morgan fingerprint density at radius 3 is 0.529 bits per heavy atom. The Balaban J connectivity index is -0.0000000369. The third-order valence-corrected chi connectivity index (χ3v) is 0. The Morgan fingerprint density at radius 2 is 0.529 bits per heavy atom. The van der Waals surface area contributed by atoms with Gasteiger partial charge in [-0.3, -0.25) is 0 Å². The summed E-state index contributed by atoms with van der Waals surface area (Å²) in [6.45, 7) is -6.17. The van der Waals surface area contributed by atoms with E-state index in [1.165, 1.54) is 0 Å². The monoisotopic (exact) mass is 575 g/mol. The van der Waals surface area contributed by atoms with Crippen molar-refractivity contribution in [1.82, 2.24) is 0 Å². The summed E-state index contributed by atoms with van der Waals surface area (Å²) in [5.41, 5.74) is 14.0. The van der Waals surface area contributed by atoms with Gasteiger partial charge in [-0.05, 0) is 0 Å². The molecule has 9 heteroatoms. The first-order chi connectivity index (χ1) is 6.93. The van der Waals surface area contributed by atoms with E-state index < -0.39 is 13.4 Å². The van der Waals surface area contributed by atoms with Gasteiger partial charge in [-0.2, -0.15) is 0 Å². The summed E-state index contributed by atoms with van der Waals surface area (Å²) in [6, 6.07) is 0. The molecule has 114 valence electrons. The number of halogens is 6. The van der Waals surface area contributed by atoms with Gasteiger partial charge in [0.1, 0.15) is 0 Å². The molecule has 0 bridgehead atoms. The Hall–Kier alpha value is 1.39. The molecule has 0 amide bonds. The molecule has 0 rings (SSSR count). The van der Waals surface area contributed by atoms with Crippen LogP contribution in [0.15, 0.2) is 0 Å². The van der Waals surface area contributed by atoms with Gasteiger partial charge in [0.15, 0.2) is 13.4 Å². The van der Waals surface area contributed by atoms with Crippen LogP contribution in [0, 0.1) is 13.4 Å². The first-order valence-electron chi connectivity index (χ1n) is 4.13. The first-order valence-corrected chi connectivity index (χ1v) is 16.7. The molecule has 0 saturated heterocycles. The minimum Gasteiger partial charge on any atom is -0.385 e. The molecule has 17 heavy (non-hydrogen) atoms. The van der Waals surface area contributed by atoms with Gasteiger partial charge in [0.25, 0.3) is 0 Å². The molecule has 2 radical (unpaired) electrons. The van der Waals surface area contributed by atoms with Gasteiger partial charge in [-0.1, -0.05) is 0 Å². The van der Waals surface area contributed by atoms with Gasteiger partial charge in [-0.25, -0.2) is 0 Å². The molecule has 0 aliphatic carbocycles. The predicted octanol–water partition coefficient (Wildman–Crippen LogP) is 4.89. The summed E-state index contributed by atoms with van der Waals surface area (Å²) in [5.74, 6) is 0. The maximum absolute atomic E-state index is 9.58. The summed E-state index contributed by atoms with van der Waals surface area (Å²) < 4.78 is 57.5. The molecular weight excluding hydrogens is 555 g/mol. The summed E-state index contributed by atoms with van der Waals surface area (Å²) >= 11 is -0.667. The van der Waals surface area contributed by atoms with E-state index in [-0.39, 0.29) is 50.4 Å². The third-order valence-electron chi connectivity index (χ3n) is 0.